The molecule has 0 spiro atoms. The molecule has 158 valence electrons. The van der Waals surface area contributed by atoms with Gasteiger partial charge in [0.05, 0.1) is 33.1 Å². The van der Waals surface area contributed by atoms with E-state index in [4.69, 9.17) is 23.2 Å². The van der Waals surface area contributed by atoms with E-state index < -0.39 is 21.1 Å². The Labute approximate surface area is 184 Å². The van der Waals surface area contributed by atoms with Crippen molar-refractivity contribution in [1.29, 1.82) is 0 Å². The lowest BCUT2D eigenvalue weighted by atomic mass is 10.2. The minimum atomic E-state index is -4.17. The summed E-state index contributed by atoms with van der Waals surface area (Å²) in [5, 5.41) is 0.244. The number of anilines is 1. The van der Waals surface area contributed by atoms with Crippen LogP contribution in [0.15, 0.2) is 51.4 Å². The summed E-state index contributed by atoms with van der Waals surface area (Å²) >= 11 is 12.2. The Morgan fingerprint density at radius 1 is 1.00 bits per heavy atom. The van der Waals surface area contributed by atoms with Crippen molar-refractivity contribution in [2.45, 2.75) is 11.9 Å². The highest BCUT2D eigenvalue weighted by Crippen LogP contribution is 2.29. The molecule has 0 aliphatic carbocycles. The van der Waals surface area contributed by atoms with Crippen molar-refractivity contribution in [2.75, 3.05) is 4.72 Å². The first kappa shape index (κ1) is 21.0. The predicted octanol–water partition coefficient (Wildman–Crippen LogP) is 2.48. The number of pyridine rings is 3. The van der Waals surface area contributed by atoms with Crippen LogP contribution in [0, 0.1) is 6.92 Å². The number of nitrogens with one attached hydrogen (secondary N) is 3. The monoisotopic (exact) mass is 478 g/mol. The van der Waals surface area contributed by atoms with Crippen LogP contribution in [0.25, 0.3) is 22.4 Å². The van der Waals surface area contributed by atoms with E-state index in [1.165, 1.54) is 37.6 Å². The molecule has 0 atom stereocenters. The van der Waals surface area contributed by atoms with Crippen molar-refractivity contribution in [3.63, 3.8) is 0 Å². The molecule has 0 saturated carbocycles. The lowest BCUT2D eigenvalue weighted by Gasteiger charge is -2.11. The van der Waals surface area contributed by atoms with Crippen molar-refractivity contribution in [1.82, 2.24) is 24.9 Å². The van der Waals surface area contributed by atoms with Crippen LogP contribution in [0.2, 0.25) is 10.0 Å². The van der Waals surface area contributed by atoms with Crippen LogP contribution >= 0.6 is 23.2 Å². The van der Waals surface area contributed by atoms with Crippen LogP contribution in [0.4, 0.5) is 5.69 Å². The maximum Gasteiger partial charge on any atom is 0.315 e. The number of aryl methyl sites for hydroxylation is 1. The number of rotatable bonds is 4. The van der Waals surface area contributed by atoms with Gasteiger partial charge in [0.1, 0.15) is 0 Å². The molecule has 0 fully saturated rings. The molecule has 31 heavy (non-hydrogen) atoms. The summed E-state index contributed by atoms with van der Waals surface area (Å²) in [6.45, 7) is 1.50. The van der Waals surface area contributed by atoms with Gasteiger partial charge in [-0.05, 0) is 30.7 Å². The van der Waals surface area contributed by atoms with Crippen LogP contribution in [-0.4, -0.2) is 33.3 Å². The largest absolute Gasteiger partial charge is 0.315 e. The van der Waals surface area contributed by atoms with Gasteiger partial charge < -0.3 is 9.97 Å². The molecular weight excluding hydrogens is 467 g/mol. The van der Waals surface area contributed by atoms with Gasteiger partial charge in [-0.2, -0.15) is 8.42 Å². The third-order valence-corrected chi connectivity index (χ3v) is 6.10. The third kappa shape index (κ3) is 4.15. The first-order valence-corrected chi connectivity index (χ1v) is 10.8. The van der Waals surface area contributed by atoms with Crippen LogP contribution in [-0.2, 0) is 10.0 Å². The van der Waals surface area contributed by atoms with Crippen molar-refractivity contribution >= 4 is 50.1 Å². The lowest BCUT2D eigenvalue weighted by Crippen LogP contribution is -2.29. The van der Waals surface area contributed by atoms with Crippen LogP contribution in [0.1, 0.15) is 5.56 Å². The normalized spacial score (nSPS) is 11.6. The van der Waals surface area contributed by atoms with E-state index >= 15 is 0 Å². The van der Waals surface area contributed by atoms with Gasteiger partial charge in [0, 0.05) is 18.0 Å². The van der Waals surface area contributed by atoms with Crippen molar-refractivity contribution in [2.24, 2.45) is 0 Å². The van der Waals surface area contributed by atoms with Gasteiger partial charge >= 0.3 is 11.1 Å². The topological polar surface area (TPSA) is 151 Å². The number of hydrogen-bond donors (Lipinski definition) is 3. The summed E-state index contributed by atoms with van der Waals surface area (Å²) in [6, 6.07) is 4.41. The zero-order chi connectivity index (χ0) is 22.3. The van der Waals surface area contributed by atoms with E-state index in [1.807, 2.05) is 0 Å². The maximum absolute atomic E-state index is 12.9. The summed E-state index contributed by atoms with van der Waals surface area (Å²) in [5.74, 6) is 0. The van der Waals surface area contributed by atoms with Gasteiger partial charge in [-0.3, -0.25) is 24.3 Å². The Balaban J connectivity index is 1.71. The van der Waals surface area contributed by atoms with E-state index in [0.717, 1.165) is 0 Å². The number of H-pyrrole nitrogens is 2. The number of sulfonamides is 1. The fourth-order valence-corrected chi connectivity index (χ4v) is 4.52. The van der Waals surface area contributed by atoms with Gasteiger partial charge in [-0.25, -0.2) is 4.98 Å². The van der Waals surface area contributed by atoms with Crippen molar-refractivity contribution in [3.8, 4) is 11.3 Å². The molecule has 4 aromatic heterocycles. The minimum Gasteiger partial charge on any atom is -0.315 e. The van der Waals surface area contributed by atoms with E-state index in [1.54, 1.807) is 6.07 Å². The SMILES string of the molecule is Cc1cc2[nH]c(=O)c(=O)[nH]c2nc1S(=O)(=O)Nc1cnc(-c2cncc(Cl)c2)c(Cl)c1. The van der Waals surface area contributed by atoms with Crippen LogP contribution < -0.4 is 15.8 Å². The van der Waals surface area contributed by atoms with Crippen LogP contribution in [0.3, 0.4) is 0 Å². The van der Waals surface area contributed by atoms with Gasteiger partial charge in [-0.15, -0.1) is 0 Å². The van der Waals surface area contributed by atoms with Gasteiger partial charge in [0.2, 0.25) is 0 Å². The smallest absolute Gasteiger partial charge is 0.315 e. The Morgan fingerprint density at radius 2 is 1.74 bits per heavy atom. The molecule has 3 N–H and O–H groups in total. The molecule has 0 aliphatic rings. The standard InChI is InChI=1S/C18H12Cl2N6O4S/c1-8-2-13-15(24-17(28)16(27)23-13)25-18(8)31(29,30)26-11-4-12(20)14(22-7-11)9-3-10(19)6-21-5-9/h2-7,26H,1H3,(H,23,27)(H,24,25,28). The average Bonchev–Trinajstić information content (AvgIpc) is 2.68. The number of fused-ring (bicyclic) bond motifs is 1. The van der Waals surface area contributed by atoms with Crippen molar-refractivity contribution in [3.05, 3.63) is 73.1 Å². The zero-order valence-corrected chi connectivity index (χ0v) is 17.9. The molecular formula is C18H12Cl2N6O4S. The Hall–Kier alpha value is -3.28. The molecule has 0 bridgehead atoms. The highest BCUT2D eigenvalue weighted by atomic mass is 35.5. The summed E-state index contributed by atoms with van der Waals surface area (Å²) in [6.07, 6.45) is 4.27. The molecule has 0 saturated heterocycles. The number of halogens is 2. The molecule has 10 nitrogen and oxygen atoms in total. The Bertz CT molecular complexity index is 1570. The quantitative estimate of drug-likeness (QED) is 0.381. The molecule has 0 amide bonds. The second-order valence-corrected chi connectivity index (χ2v) is 8.91. The second-order valence-electron chi connectivity index (χ2n) is 6.47. The fourth-order valence-electron chi connectivity index (χ4n) is 2.85. The Morgan fingerprint density at radius 3 is 2.45 bits per heavy atom. The van der Waals surface area contributed by atoms with E-state index in [0.29, 0.717) is 16.3 Å². The summed E-state index contributed by atoms with van der Waals surface area (Å²) in [7, 11) is -4.17. The second kappa shape index (κ2) is 7.76. The van der Waals surface area contributed by atoms with Crippen LogP contribution in [0.5, 0.6) is 0 Å². The summed E-state index contributed by atoms with van der Waals surface area (Å²) in [4.78, 5) is 39.7. The Kier molecular flexibility index (Phi) is 5.25. The first-order valence-electron chi connectivity index (χ1n) is 8.57. The lowest BCUT2D eigenvalue weighted by molar-refractivity contribution is 0.597. The maximum atomic E-state index is 12.9. The van der Waals surface area contributed by atoms with Gasteiger partial charge in [0.15, 0.2) is 10.7 Å². The summed E-state index contributed by atoms with van der Waals surface area (Å²) < 4.78 is 28.1. The molecule has 0 radical (unpaired) electrons. The highest BCUT2D eigenvalue weighted by molar-refractivity contribution is 7.92. The fraction of sp³-hybridized carbons (Fsp3) is 0.0556. The zero-order valence-electron chi connectivity index (χ0n) is 15.6. The summed E-state index contributed by atoms with van der Waals surface area (Å²) in [5.41, 5.74) is -0.386. The number of nitrogens with zero attached hydrogens (tertiary/aromatic N) is 3. The van der Waals surface area contributed by atoms with E-state index in [9.17, 15) is 18.0 Å². The predicted molar refractivity (Wildman–Crippen MR) is 116 cm³/mol. The molecule has 13 heteroatoms. The molecule has 4 rings (SSSR count). The third-order valence-electron chi connectivity index (χ3n) is 4.18. The molecule has 0 unspecified atom stereocenters. The first-order chi connectivity index (χ1) is 14.6. The van der Waals surface area contributed by atoms with Gasteiger partial charge in [-0.1, -0.05) is 23.2 Å². The molecule has 4 aromatic rings. The molecule has 4 heterocycles. The minimum absolute atomic E-state index is 0.0736. The number of aromatic nitrogens is 5. The van der Waals surface area contributed by atoms with Crippen molar-refractivity contribution < 1.29 is 8.42 Å². The molecule has 0 aromatic carbocycles. The molecule has 0 aliphatic heterocycles. The number of hydrogen-bond acceptors (Lipinski definition) is 7. The van der Waals surface area contributed by atoms with E-state index in [-0.39, 0.29) is 32.5 Å². The highest BCUT2D eigenvalue weighted by Gasteiger charge is 2.21. The van der Waals surface area contributed by atoms with E-state index in [2.05, 4.69) is 29.6 Å². The number of aromatic amines is 2. The average molecular weight is 479 g/mol. The van der Waals surface area contributed by atoms with Gasteiger partial charge in [0.25, 0.3) is 10.0 Å².